The van der Waals surface area contributed by atoms with Crippen LogP contribution >= 0.6 is 11.8 Å². The minimum atomic E-state index is -0.926. The lowest BCUT2D eigenvalue weighted by molar-refractivity contribution is -0.120. The van der Waals surface area contributed by atoms with Crippen molar-refractivity contribution in [1.82, 2.24) is 14.9 Å². The van der Waals surface area contributed by atoms with E-state index in [1.165, 1.54) is 11.8 Å². The van der Waals surface area contributed by atoms with E-state index in [-0.39, 0.29) is 29.2 Å². The number of hydrogen-bond donors (Lipinski definition) is 1. The van der Waals surface area contributed by atoms with Crippen molar-refractivity contribution in [2.24, 2.45) is 5.92 Å². The van der Waals surface area contributed by atoms with Crippen molar-refractivity contribution >= 4 is 28.6 Å². The van der Waals surface area contributed by atoms with E-state index >= 15 is 0 Å². The monoisotopic (exact) mass is 386 g/mol. The van der Waals surface area contributed by atoms with E-state index in [1.807, 2.05) is 39.8 Å². The van der Waals surface area contributed by atoms with Crippen LogP contribution in [0.15, 0.2) is 34.2 Å². The molecule has 1 aromatic heterocycles. The Morgan fingerprint density at radius 2 is 2.04 bits per heavy atom. The van der Waals surface area contributed by atoms with Gasteiger partial charge in [0, 0.05) is 6.04 Å². The number of para-hydroxylation sites is 1. The largest absolute Gasteiger partial charge is 0.337 e. The van der Waals surface area contributed by atoms with Crippen LogP contribution < -0.4 is 10.9 Å². The van der Waals surface area contributed by atoms with E-state index in [9.17, 15) is 14.9 Å². The summed E-state index contributed by atoms with van der Waals surface area (Å²) < 4.78 is 1.66. The predicted octanol–water partition coefficient (Wildman–Crippen LogP) is 3.51. The molecule has 2 atom stereocenters. The fourth-order valence-electron chi connectivity index (χ4n) is 2.56. The molecule has 0 radical (unpaired) electrons. The summed E-state index contributed by atoms with van der Waals surface area (Å²) in [4.78, 5) is 29.9. The average molecular weight is 387 g/mol. The summed E-state index contributed by atoms with van der Waals surface area (Å²) in [6.07, 6.45) is 0.777. The fraction of sp³-hybridized carbons (Fsp3) is 0.500. The molecule has 2 aromatic rings. The summed E-state index contributed by atoms with van der Waals surface area (Å²) in [5.41, 5.74) is -0.402. The first kappa shape index (κ1) is 21.0. The molecular weight excluding hydrogens is 360 g/mol. The third kappa shape index (κ3) is 4.51. The molecular formula is C20H26N4O2S. The van der Waals surface area contributed by atoms with Gasteiger partial charge in [-0.05, 0) is 38.3 Å². The van der Waals surface area contributed by atoms with E-state index < -0.39 is 5.54 Å². The molecule has 1 N–H and O–H groups in total. The summed E-state index contributed by atoms with van der Waals surface area (Å²) in [6.45, 7) is 9.47. The smallest absolute Gasteiger partial charge is 0.262 e. The minimum absolute atomic E-state index is 0.0199. The van der Waals surface area contributed by atoms with Gasteiger partial charge in [0.15, 0.2) is 5.16 Å². The average Bonchev–Trinajstić information content (AvgIpc) is 2.65. The zero-order valence-electron chi connectivity index (χ0n) is 16.4. The lowest BCUT2D eigenvalue weighted by atomic mass is 9.90. The Bertz CT molecular complexity index is 932. The molecule has 6 nitrogen and oxygen atoms in total. The van der Waals surface area contributed by atoms with Crippen molar-refractivity contribution in [2.45, 2.75) is 57.8 Å². The van der Waals surface area contributed by atoms with Gasteiger partial charge in [-0.3, -0.25) is 14.2 Å². The third-order valence-electron chi connectivity index (χ3n) is 4.93. The first-order chi connectivity index (χ1) is 12.7. The van der Waals surface area contributed by atoms with E-state index in [1.54, 1.807) is 23.6 Å². The highest BCUT2D eigenvalue weighted by atomic mass is 32.2. The molecule has 0 aliphatic carbocycles. The van der Waals surface area contributed by atoms with Crippen LogP contribution in [0.25, 0.3) is 10.9 Å². The summed E-state index contributed by atoms with van der Waals surface area (Å²) >= 11 is 1.22. The molecule has 0 bridgehead atoms. The third-order valence-corrected chi connectivity index (χ3v) is 5.88. The fourth-order valence-corrected chi connectivity index (χ4v) is 3.45. The molecule has 27 heavy (non-hydrogen) atoms. The maximum atomic E-state index is 12.9. The van der Waals surface area contributed by atoms with Crippen LogP contribution in [0.3, 0.4) is 0 Å². The normalized spacial score (nSPS) is 14.6. The van der Waals surface area contributed by atoms with Gasteiger partial charge in [-0.2, -0.15) is 5.26 Å². The number of nitriles is 1. The number of amides is 1. The summed E-state index contributed by atoms with van der Waals surface area (Å²) in [5.74, 6) is -0.185. The molecule has 7 heteroatoms. The van der Waals surface area contributed by atoms with Gasteiger partial charge in [0.1, 0.15) is 5.54 Å². The van der Waals surface area contributed by atoms with Crippen molar-refractivity contribution in [3.63, 3.8) is 0 Å². The standard InChI is InChI=1S/C20H26N4O2S/c1-6-14(4)24-18(26)15-9-7-8-10-16(15)22-19(24)27-11-17(25)23-20(5,12-21)13(2)3/h7-10,13-14H,6,11H2,1-5H3,(H,23,25)/t14-,20-/m0/s1. The number of nitrogens with one attached hydrogen (secondary N) is 1. The van der Waals surface area contributed by atoms with E-state index in [2.05, 4.69) is 16.4 Å². The van der Waals surface area contributed by atoms with Crippen LogP contribution in [0.4, 0.5) is 0 Å². The molecule has 0 aliphatic heterocycles. The Kier molecular flexibility index (Phi) is 6.66. The molecule has 0 saturated carbocycles. The molecule has 1 amide bonds. The highest BCUT2D eigenvalue weighted by molar-refractivity contribution is 7.99. The van der Waals surface area contributed by atoms with Gasteiger partial charge >= 0.3 is 0 Å². The Morgan fingerprint density at radius 1 is 1.37 bits per heavy atom. The molecule has 0 saturated heterocycles. The molecule has 0 spiro atoms. The number of rotatable bonds is 7. The van der Waals surface area contributed by atoms with Gasteiger partial charge in [0.2, 0.25) is 5.91 Å². The van der Waals surface area contributed by atoms with E-state index in [0.717, 1.165) is 6.42 Å². The summed E-state index contributed by atoms with van der Waals surface area (Å²) in [7, 11) is 0. The topological polar surface area (TPSA) is 87.8 Å². The van der Waals surface area contributed by atoms with Crippen LogP contribution in [0, 0.1) is 17.2 Å². The maximum Gasteiger partial charge on any atom is 0.262 e. The van der Waals surface area contributed by atoms with Gasteiger partial charge < -0.3 is 5.32 Å². The molecule has 0 unspecified atom stereocenters. The Balaban J connectivity index is 2.32. The van der Waals surface area contributed by atoms with Crippen molar-refractivity contribution in [1.29, 1.82) is 5.26 Å². The number of carbonyl (C=O) groups excluding carboxylic acids is 1. The number of benzene rings is 1. The molecule has 144 valence electrons. The molecule has 2 rings (SSSR count). The molecule has 1 aromatic carbocycles. The zero-order valence-corrected chi connectivity index (χ0v) is 17.3. The summed E-state index contributed by atoms with van der Waals surface area (Å²) in [5, 5.41) is 13.2. The van der Waals surface area contributed by atoms with Crippen molar-refractivity contribution in [3.05, 3.63) is 34.6 Å². The van der Waals surface area contributed by atoms with Gasteiger partial charge in [0.25, 0.3) is 5.56 Å². The van der Waals surface area contributed by atoms with E-state index in [0.29, 0.717) is 16.1 Å². The van der Waals surface area contributed by atoms with Gasteiger partial charge in [-0.25, -0.2) is 4.98 Å². The number of aromatic nitrogens is 2. The SMILES string of the molecule is CC[C@H](C)n1c(SCC(=O)N[C@@](C)(C#N)C(C)C)nc2ccccc2c1=O. The predicted molar refractivity (Wildman–Crippen MR) is 109 cm³/mol. The highest BCUT2D eigenvalue weighted by Crippen LogP contribution is 2.23. The first-order valence-electron chi connectivity index (χ1n) is 9.09. The Hall–Kier alpha value is -2.33. The lowest BCUT2D eigenvalue weighted by Crippen LogP contribution is -2.49. The molecule has 1 heterocycles. The molecule has 0 aliphatic rings. The minimum Gasteiger partial charge on any atom is -0.337 e. The Labute approximate surface area is 164 Å². The van der Waals surface area contributed by atoms with Crippen LogP contribution in [-0.4, -0.2) is 26.8 Å². The van der Waals surface area contributed by atoms with E-state index in [4.69, 9.17) is 0 Å². The van der Waals surface area contributed by atoms with Crippen LogP contribution in [-0.2, 0) is 4.79 Å². The first-order valence-corrected chi connectivity index (χ1v) is 10.1. The second-order valence-corrected chi connectivity index (χ2v) is 8.09. The van der Waals surface area contributed by atoms with Crippen molar-refractivity contribution < 1.29 is 4.79 Å². The number of hydrogen-bond acceptors (Lipinski definition) is 5. The number of thioether (sulfide) groups is 1. The molecule has 0 fully saturated rings. The quantitative estimate of drug-likeness (QED) is 0.581. The maximum absolute atomic E-state index is 12.9. The lowest BCUT2D eigenvalue weighted by Gasteiger charge is -2.27. The van der Waals surface area contributed by atoms with Gasteiger partial charge in [-0.1, -0.05) is 44.7 Å². The van der Waals surface area contributed by atoms with Crippen LogP contribution in [0.5, 0.6) is 0 Å². The number of fused-ring (bicyclic) bond motifs is 1. The number of nitrogens with zero attached hydrogens (tertiary/aromatic N) is 3. The van der Waals surface area contributed by atoms with Crippen molar-refractivity contribution in [2.75, 3.05) is 5.75 Å². The highest BCUT2D eigenvalue weighted by Gasteiger charge is 2.30. The Morgan fingerprint density at radius 3 is 2.63 bits per heavy atom. The van der Waals surface area contributed by atoms with Crippen LogP contribution in [0.1, 0.15) is 47.1 Å². The van der Waals surface area contributed by atoms with Gasteiger partial charge in [-0.15, -0.1) is 0 Å². The summed E-state index contributed by atoms with van der Waals surface area (Å²) in [6, 6.07) is 9.37. The number of carbonyl (C=O) groups is 1. The second kappa shape index (κ2) is 8.57. The zero-order chi connectivity index (χ0) is 20.2. The van der Waals surface area contributed by atoms with Gasteiger partial charge in [0.05, 0.1) is 22.7 Å². The van der Waals surface area contributed by atoms with Crippen LogP contribution in [0.2, 0.25) is 0 Å². The second-order valence-electron chi connectivity index (χ2n) is 7.15. The van der Waals surface area contributed by atoms with Crippen molar-refractivity contribution in [3.8, 4) is 6.07 Å².